The van der Waals surface area contributed by atoms with Crippen LogP contribution in [0.5, 0.6) is 0 Å². The zero-order valence-corrected chi connectivity index (χ0v) is 62.9. The van der Waals surface area contributed by atoms with Gasteiger partial charge in [0.2, 0.25) is 17.7 Å². The number of esters is 1. The molecular formula is C65H109N3O48. The third kappa shape index (κ3) is 21.8. The van der Waals surface area contributed by atoms with Crippen molar-refractivity contribution >= 4 is 29.7 Å². The number of rotatable bonds is 34. The van der Waals surface area contributed by atoms with Crippen LogP contribution in [0.25, 0.3) is 0 Å². The monoisotopic (exact) mass is 1700 g/mol. The molecule has 0 unspecified atom stereocenters. The van der Waals surface area contributed by atoms with Crippen molar-refractivity contribution in [1.29, 1.82) is 0 Å². The maximum Gasteiger partial charge on any atom is 0.364 e. The molecule has 8 rings (SSSR count). The van der Waals surface area contributed by atoms with Crippen molar-refractivity contribution in [2.24, 2.45) is 0 Å². The van der Waals surface area contributed by atoms with Crippen LogP contribution in [0.3, 0.4) is 0 Å². The zero-order chi connectivity index (χ0) is 86.3. The Morgan fingerprint density at radius 1 is 0.405 bits per heavy atom. The molecule has 29 N–H and O–H groups in total. The Morgan fingerprint density at radius 3 is 1.25 bits per heavy atom. The summed E-state index contributed by atoms with van der Waals surface area (Å²) in [6.45, 7) is -3.99. The summed E-state index contributed by atoms with van der Waals surface area (Å²) in [6.07, 6.45) is -90.5. The highest BCUT2D eigenvalue weighted by atomic mass is 16.8. The maximum absolute atomic E-state index is 13.7. The summed E-state index contributed by atoms with van der Waals surface area (Å²) < 4.78 is 102. The molecule has 8 saturated heterocycles. The number of aliphatic hydroxyl groups excluding tert-OH is 25. The molecule has 0 bridgehead atoms. The second-order valence-electron chi connectivity index (χ2n) is 29.2. The number of hydrogen-bond donors (Lipinski definition) is 29. The second kappa shape index (κ2) is 42.2. The van der Waals surface area contributed by atoms with Gasteiger partial charge in [-0.1, -0.05) is 0 Å². The van der Waals surface area contributed by atoms with Gasteiger partial charge in [0.25, 0.3) is 5.79 Å². The molecule has 0 spiro atoms. The van der Waals surface area contributed by atoms with Crippen molar-refractivity contribution in [1.82, 2.24) is 16.0 Å². The summed E-state index contributed by atoms with van der Waals surface area (Å²) in [7, 11) is 0. The molecule has 8 aliphatic heterocycles. The highest BCUT2D eigenvalue weighted by Gasteiger charge is 2.64. The number of aliphatic hydroxyl groups is 25. The standard InChI is InChI=1S/C65H109N3O48/c1-16-34(83)41(90)44(93)59(101-16)112-53-32(67-19(4)77)57(106-28(13-74)50(53)111-63-48(97)56(39(88)27(12-73)105-63)116-65(64(98)99)7-25(103-21(6)79)31(66-18(3)76)52(115-65)37(86)23(81)9-70)100-15-30-40(89)55(47(96)62(108-30)109-49(24(82)10-71)36(85)22(80)8-69)114-58-33(68-20(5)78)54(113-60-45(94)42(91)35(84)17(2)102-60)51(29(14-75)107-58)110-61-46(95)43(92)38(87)26(11-72)104-61/h16-17,22-63,69-75,80-97H,7-15H2,1-6H3,(H,66,76)(H,67,77)(H,68,78)(H,98,99)/t16-,17-,22-,23+,24+,25-,26+,27+,28+,29+,30+,31+,32+,33+,34+,35+,36+,37+,38-,39-,40-,41+,42+,43-,44-,45-,46+,47+,48+,49+,50+,51+,52+,53+,54+,55-,56-,57+,58-,59-,60-,61-,62-,63-,65-/m0/s1. The minimum Gasteiger partial charge on any atom is -0.477 e. The topological polar surface area (TPSA) is 804 Å². The molecule has 51 nitrogen and oxygen atoms in total. The van der Waals surface area contributed by atoms with Gasteiger partial charge in [0.1, 0.15) is 207 Å². The molecule has 8 aliphatic rings. The first-order valence-electron chi connectivity index (χ1n) is 36.8. The van der Waals surface area contributed by atoms with E-state index in [2.05, 4.69) is 16.0 Å². The molecule has 0 radical (unpaired) electrons. The fraction of sp³-hybridized carbons (Fsp3) is 0.923. The molecule has 8 heterocycles. The molecule has 8 fully saturated rings. The van der Waals surface area contributed by atoms with Gasteiger partial charge >= 0.3 is 11.9 Å². The number of carbonyl (C=O) groups excluding carboxylic acids is 4. The van der Waals surface area contributed by atoms with Gasteiger partial charge in [-0.3, -0.25) is 19.2 Å². The van der Waals surface area contributed by atoms with E-state index in [9.17, 15) is 157 Å². The minimum absolute atomic E-state index is 0.846. The van der Waals surface area contributed by atoms with E-state index in [0.29, 0.717) is 0 Å². The molecule has 3 amide bonds. The molecule has 0 aromatic carbocycles. The van der Waals surface area contributed by atoms with E-state index in [-0.39, 0.29) is 0 Å². The number of hydrogen-bond acceptors (Lipinski definition) is 47. The molecule has 0 aromatic heterocycles. The Balaban J connectivity index is 1.19. The van der Waals surface area contributed by atoms with Gasteiger partial charge < -0.3 is 229 Å². The lowest BCUT2D eigenvalue weighted by Crippen LogP contribution is -2.72. The highest BCUT2D eigenvalue weighted by Crippen LogP contribution is 2.43. The maximum atomic E-state index is 13.7. The Labute approximate surface area is 657 Å². The molecule has 45 atom stereocenters. The molecule has 672 valence electrons. The Morgan fingerprint density at radius 2 is 0.793 bits per heavy atom. The van der Waals surface area contributed by atoms with Crippen molar-refractivity contribution < 1.29 is 237 Å². The average molecular weight is 1700 g/mol. The van der Waals surface area contributed by atoms with Crippen LogP contribution in [0.1, 0.15) is 48.0 Å². The number of ether oxygens (including phenoxy) is 17. The molecule has 0 aliphatic carbocycles. The number of aliphatic carboxylic acids is 1. The first-order chi connectivity index (χ1) is 54.6. The lowest BCUT2D eigenvalue weighted by atomic mass is 9.87. The fourth-order valence-electron chi connectivity index (χ4n) is 14.6. The fourth-order valence-corrected chi connectivity index (χ4v) is 14.6. The largest absolute Gasteiger partial charge is 0.477 e. The summed E-state index contributed by atoms with van der Waals surface area (Å²) in [6, 6.07) is -5.93. The summed E-state index contributed by atoms with van der Waals surface area (Å²) in [4.78, 5) is 65.9. The zero-order valence-electron chi connectivity index (χ0n) is 62.9. The van der Waals surface area contributed by atoms with E-state index in [1.807, 2.05) is 0 Å². The summed E-state index contributed by atoms with van der Waals surface area (Å²) in [5.74, 6) is -9.73. The van der Waals surface area contributed by atoms with Crippen molar-refractivity contribution in [3.05, 3.63) is 0 Å². The number of amides is 3. The lowest BCUT2D eigenvalue weighted by molar-refractivity contribution is -0.395. The van der Waals surface area contributed by atoms with Crippen LogP contribution in [0.15, 0.2) is 0 Å². The summed E-state index contributed by atoms with van der Waals surface area (Å²) in [5.41, 5.74) is 0. The van der Waals surface area contributed by atoms with E-state index >= 15 is 0 Å². The Bertz CT molecular complexity index is 3110. The van der Waals surface area contributed by atoms with Gasteiger partial charge in [0.15, 0.2) is 44.0 Å². The first kappa shape index (κ1) is 97.2. The van der Waals surface area contributed by atoms with Crippen molar-refractivity contribution in [2.75, 3.05) is 52.9 Å². The second-order valence-corrected chi connectivity index (χ2v) is 29.2. The van der Waals surface area contributed by atoms with Crippen LogP contribution in [0.2, 0.25) is 0 Å². The van der Waals surface area contributed by atoms with Crippen molar-refractivity contribution in [3.63, 3.8) is 0 Å². The van der Waals surface area contributed by atoms with Gasteiger partial charge in [-0.2, -0.15) is 0 Å². The molecule has 0 saturated carbocycles. The average Bonchev–Trinajstić information content (AvgIpc) is 0.693. The van der Waals surface area contributed by atoms with Gasteiger partial charge in [-0.05, 0) is 13.8 Å². The van der Waals surface area contributed by atoms with Crippen molar-refractivity contribution in [2.45, 2.75) is 323 Å². The number of carboxylic acids is 1. The molecule has 116 heavy (non-hydrogen) atoms. The number of carboxylic acid groups (broad SMARTS) is 1. The van der Waals surface area contributed by atoms with Gasteiger partial charge in [0, 0.05) is 27.7 Å². The Hall–Kier alpha value is -4.29. The third-order valence-corrected chi connectivity index (χ3v) is 20.8. The number of carbonyl (C=O) groups is 5. The molecule has 51 heteroatoms. The lowest BCUT2D eigenvalue weighted by Gasteiger charge is -2.52. The van der Waals surface area contributed by atoms with E-state index in [0.717, 1.165) is 27.7 Å². The quantitative estimate of drug-likeness (QED) is 0.0266. The molecular weight excluding hydrogens is 1590 g/mol. The van der Waals surface area contributed by atoms with Crippen LogP contribution in [0.4, 0.5) is 0 Å². The van der Waals surface area contributed by atoms with Gasteiger partial charge in [-0.25, -0.2) is 4.79 Å². The summed E-state index contributed by atoms with van der Waals surface area (Å²) in [5, 5.41) is 294. The predicted molar refractivity (Wildman–Crippen MR) is 358 cm³/mol. The predicted octanol–water partition coefficient (Wildman–Crippen LogP) is -18.7. The smallest absolute Gasteiger partial charge is 0.364 e. The van der Waals surface area contributed by atoms with E-state index in [1.54, 1.807) is 0 Å². The van der Waals surface area contributed by atoms with Crippen LogP contribution >= 0.6 is 0 Å². The third-order valence-electron chi connectivity index (χ3n) is 20.8. The van der Waals surface area contributed by atoms with Crippen LogP contribution in [-0.2, 0) is 104 Å². The first-order valence-corrected chi connectivity index (χ1v) is 36.8. The van der Waals surface area contributed by atoms with Gasteiger partial charge in [0.05, 0.1) is 77.5 Å². The van der Waals surface area contributed by atoms with Gasteiger partial charge in [-0.15, -0.1) is 0 Å². The summed E-state index contributed by atoms with van der Waals surface area (Å²) >= 11 is 0. The normalized spacial score (nSPS) is 45.3. The Kier molecular flexibility index (Phi) is 35.3. The van der Waals surface area contributed by atoms with Crippen LogP contribution in [0, 0.1) is 0 Å². The van der Waals surface area contributed by atoms with Crippen molar-refractivity contribution in [3.8, 4) is 0 Å². The minimum atomic E-state index is -3.39. The van der Waals surface area contributed by atoms with E-state index in [1.165, 1.54) is 13.8 Å². The van der Waals surface area contributed by atoms with E-state index < -0.39 is 364 Å². The number of nitrogens with one attached hydrogen (secondary N) is 3. The van der Waals surface area contributed by atoms with Crippen LogP contribution < -0.4 is 16.0 Å². The van der Waals surface area contributed by atoms with E-state index in [4.69, 9.17) is 80.5 Å². The van der Waals surface area contributed by atoms with Crippen LogP contribution in [-0.4, -0.2) is 491 Å². The highest BCUT2D eigenvalue weighted by molar-refractivity contribution is 5.77. The SMILES string of the molecule is CC(=O)N[C@H]1[C@H](O[C@H]2[C@@H](O)[C@@H](CO[C@@H]3O[C@H](CO)[C@@H](O[C@@H]4O[C@H](CO)[C@H](O)[C@H](O[C@]5(C(=O)O)C[C@H](OC(C)=O)[C@@H](NC(C)=O)[C@H]([C@H](O)[C@H](O)CO)O5)[C@H]4O)[C@H](O[C@@H]4O[C@@H](C)[C@@H](O)[C@@H](O)[C@@H]4O)[C@H]3NC(C)=O)O[C@@H](O[C@@H]([C@H](O)[C@@H](O)CO)[C@H](O)CO)[C@@H]2O)O[C@H](CO)[C@@H](O[C@@H]2O[C@H](CO)[C@H](O)[C@H](O)[C@H]2O)[C@@H]1O[C@@H]1O[C@@H](C)[C@@H](O)[C@@H](O)[C@@H]1O. The molecule has 0 aromatic rings.